The highest BCUT2D eigenvalue weighted by molar-refractivity contribution is 7.86. The number of carbonyl (C=O) groups is 1. The van der Waals surface area contributed by atoms with E-state index in [9.17, 15) is 13.2 Å². The lowest BCUT2D eigenvalue weighted by atomic mass is 9.59. The molecule has 1 N–H and O–H groups in total. The minimum atomic E-state index is -3.98. The van der Waals surface area contributed by atoms with Crippen molar-refractivity contribution in [1.82, 2.24) is 4.98 Å². The molecule has 1 spiro atoms. The number of fused-ring (bicyclic) bond motifs is 4. The summed E-state index contributed by atoms with van der Waals surface area (Å²) in [4.78, 5) is 18.4. The van der Waals surface area contributed by atoms with Gasteiger partial charge in [0.05, 0.1) is 18.6 Å². The monoisotopic (exact) mass is 828 g/mol. The van der Waals surface area contributed by atoms with Gasteiger partial charge in [-0.3, -0.25) is 9.17 Å². The van der Waals surface area contributed by atoms with Crippen LogP contribution in [0.15, 0.2) is 77.8 Å². The molecule has 4 aromatic rings. The number of esters is 1. The van der Waals surface area contributed by atoms with Gasteiger partial charge in [0.25, 0.3) is 10.1 Å². The molecule has 0 saturated heterocycles. The third-order valence-electron chi connectivity index (χ3n) is 13.0. The number of rotatable bonds is 12. The second-order valence-corrected chi connectivity index (χ2v) is 19.0. The Balaban J connectivity index is 1.05. The quantitative estimate of drug-likeness (QED) is 0.109. The Labute approximate surface area is 347 Å². The number of nitrogens with zero attached hydrogens (tertiary/aromatic N) is 1. The average molecular weight is 829 g/mol. The first-order valence-corrected chi connectivity index (χ1v) is 22.3. The Morgan fingerprint density at radius 2 is 1.84 bits per heavy atom. The van der Waals surface area contributed by atoms with Gasteiger partial charge in [-0.05, 0) is 148 Å². The predicted octanol–water partition coefficient (Wildman–Crippen LogP) is 9.14. The molecule has 308 valence electrons. The summed E-state index contributed by atoms with van der Waals surface area (Å²) < 4.78 is 56.2. The molecule has 10 nitrogen and oxygen atoms in total. The van der Waals surface area contributed by atoms with Crippen LogP contribution in [0.5, 0.6) is 17.2 Å². The van der Waals surface area contributed by atoms with E-state index in [2.05, 4.69) is 36.3 Å². The number of anilines is 1. The Morgan fingerprint density at radius 1 is 1.05 bits per heavy atom. The van der Waals surface area contributed by atoms with Gasteiger partial charge < -0.3 is 24.3 Å². The smallest absolute Gasteiger partial charge is 0.331 e. The van der Waals surface area contributed by atoms with E-state index >= 15 is 0 Å². The molecule has 0 radical (unpaired) electrons. The number of ether oxygens (including phenoxy) is 4. The van der Waals surface area contributed by atoms with Crippen LogP contribution in [0.2, 0.25) is 5.02 Å². The first-order chi connectivity index (χ1) is 27.9. The minimum Gasteiger partial charge on any atom is -0.493 e. The van der Waals surface area contributed by atoms with E-state index in [1.807, 2.05) is 43.5 Å². The van der Waals surface area contributed by atoms with E-state index < -0.39 is 21.8 Å². The van der Waals surface area contributed by atoms with E-state index in [1.165, 1.54) is 23.8 Å². The third kappa shape index (κ3) is 8.02. The zero-order chi connectivity index (χ0) is 40.7. The number of nitrogens with one attached hydrogen (secondary N) is 1. The van der Waals surface area contributed by atoms with E-state index in [4.69, 9.17) is 34.7 Å². The topological polar surface area (TPSA) is 122 Å². The standard InChI is InChI=1S/C46H53ClN2O8S/c1-29-11-13-37(14-12-29)58(51,52)56-28-36-27-55-41-23-32-22-33(21-30(2)26-54-40-15-20-48-39-10-5-7-31(3)43(39)40)45(38(32)25-42(41)57-36)16-18-46(19-17-45,44(50)53-4)49-35-9-6-8-34(47)24-35/h6,8-9,11-15,20,23-25,30-31,33,36,49H,5,7,10,16-19,21-22,26-28H2,1-4H3/t30-,31-,33+,36+,45?,46?/m1/s1. The fourth-order valence-electron chi connectivity index (χ4n) is 9.92. The van der Waals surface area contributed by atoms with E-state index in [-0.39, 0.29) is 41.3 Å². The molecule has 4 atom stereocenters. The number of aromatic nitrogens is 1. The molecular weight excluding hydrogens is 776 g/mol. The van der Waals surface area contributed by atoms with Crippen LogP contribution >= 0.6 is 11.6 Å². The van der Waals surface area contributed by atoms with Crippen LogP contribution in [-0.2, 0) is 42.1 Å². The summed E-state index contributed by atoms with van der Waals surface area (Å²) in [5.74, 6) is 2.80. The van der Waals surface area contributed by atoms with Crippen molar-refractivity contribution < 1.29 is 36.3 Å². The number of benzene rings is 3. The summed E-state index contributed by atoms with van der Waals surface area (Å²) in [7, 11) is -2.54. The predicted molar refractivity (Wildman–Crippen MR) is 223 cm³/mol. The zero-order valence-electron chi connectivity index (χ0n) is 33.7. The number of hydrogen-bond acceptors (Lipinski definition) is 10. The van der Waals surface area contributed by atoms with Gasteiger partial charge in [-0.2, -0.15) is 8.42 Å². The maximum Gasteiger partial charge on any atom is 0.331 e. The lowest BCUT2D eigenvalue weighted by Crippen LogP contribution is -2.53. The Kier molecular flexibility index (Phi) is 11.4. The number of carbonyl (C=O) groups excluding carboxylic acids is 1. The van der Waals surface area contributed by atoms with Crippen molar-refractivity contribution in [2.75, 3.05) is 32.2 Å². The molecule has 3 aliphatic carbocycles. The molecule has 1 aliphatic heterocycles. The van der Waals surface area contributed by atoms with Gasteiger partial charge >= 0.3 is 5.97 Å². The summed E-state index contributed by atoms with van der Waals surface area (Å²) >= 11 is 6.36. The third-order valence-corrected chi connectivity index (χ3v) is 14.5. The highest BCUT2D eigenvalue weighted by atomic mass is 35.5. The first-order valence-electron chi connectivity index (χ1n) is 20.5. The number of hydrogen-bond donors (Lipinski definition) is 1. The molecule has 2 heterocycles. The minimum absolute atomic E-state index is 0.0977. The van der Waals surface area contributed by atoms with Crippen molar-refractivity contribution in [2.45, 2.75) is 106 Å². The van der Waals surface area contributed by atoms with Crippen LogP contribution in [0.1, 0.15) is 92.7 Å². The molecule has 58 heavy (non-hydrogen) atoms. The van der Waals surface area contributed by atoms with Crippen molar-refractivity contribution in [2.24, 2.45) is 11.8 Å². The summed E-state index contributed by atoms with van der Waals surface area (Å²) in [5.41, 5.74) is 5.36. The van der Waals surface area contributed by atoms with Gasteiger partial charge in [0, 0.05) is 28.2 Å². The highest BCUT2D eigenvalue weighted by Crippen LogP contribution is 2.58. The Bertz CT molecular complexity index is 2260. The van der Waals surface area contributed by atoms with Crippen LogP contribution < -0.4 is 19.5 Å². The van der Waals surface area contributed by atoms with Crippen LogP contribution in [-0.4, -0.2) is 57.9 Å². The molecule has 0 unspecified atom stereocenters. The molecule has 1 aromatic heterocycles. The van der Waals surface area contributed by atoms with Gasteiger partial charge in [-0.15, -0.1) is 0 Å². The molecule has 4 aliphatic rings. The zero-order valence-corrected chi connectivity index (χ0v) is 35.3. The van der Waals surface area contributed by atoms with Gasteiger partial charge in [0.15, 0.2) is 17.6 Å². The van der Waals surface area contributed by atoms with Crippen molar-refractivity contribution in [3.8, 4) is 17.2 Å². The molecule has 3 aromatic carbocycles. The second kappa shape index (κ2) is 16.4. The normalized spacial score (nSPS) is 25.4. The van der Waals surface area contributed by atoms with Crippen molar-refractivity contribution >= 4 is 33.4 Å². The number of aryl methyl sites for hydroxylation is 2. The maximum atomic E-state index is 13.7. The highest BCUT2D eigenvalue weighted by Gasteiger charge is 2.55. The van der Waals surface area contributed by atoms with Gasteiger partial charge in [0.1, 0.15) is 24.5 Å². The van der Waals surface area contributed by atoms with Gasteiger partial charge in [-0.25, -0.2) is 4.79 Å². The molecule has 0 amide bonds. The van der Waals surface area contributed by atoms with E-state index in [1.54, 1.807) is 24.3 Å². The lowest BCUT2D eigenvalue weighted by Gasteiger charge is -2.48. The van der Waals surface area contributed by atoms with Crippen molar-refractivity contribution in [3.63, 3.8) is 0 Å². The molecule has 12 heteroatoms. The van der Waals surface area contributed by atoms with Crippen LogP contribution in [0.3, 0.4) is 0 Å². The largest absolute Gasteiger partial charge is 0.493 e. The average Bonchev–Trinajstić information content (AvgIpc) is 3.49. The lowest BCUT2D eigenvalue weighted by molar-refractivity contribution is -0.148. The molecule has 1 saturated carbocycles. The number of pyridine rings is 1. The Morgan fingerprint density at radius 3 is 2.60 bits per heavy atom. The summed E-state index contributed by atoms with van der Waals surface area (Å²) in [5, 5.41) is 4.13. The SMILES string of the molecule is COC(=O)C1(Nc2cccc(Cl)c2)CCC2(CC1)c1cc3c(cc1C[C@@H]2C[C@@H](C)COc1ccnc2c1[C@H](C)CCC2)OC[C@@H](COS(=O)(=O)c1ccc(C)cc1)O3. The van der Waals surface area contributed by atoms with E-state index in [0.717, 1.165) is 67.6 Å². The summed E-state index contributed by atoms with van der Waals surface area (Å²) in [6, 6.07) is 20.2. The molecule has 8 rings (SSSR count). The molecular formula is C46H53ClN2O8S. The van der Waals surface area contributed by atoms with Crippen LogP contribution in [0.4, 0.5) is 5.69 Å². The summed E-state index contributed by atoms with van der Waals surface area (Å²) in [6.07, 6.45) is 8.88. The van der Waals surface area contributed by atoms with Crippen molar-refractivity contribution in [1.29, 1.82) is 0 Å². The Hall–Kier alpha value is -4.32. The molecule has 1 fully saturated rings. The fourth-order valence-corrected chi connectivity index (χ4v) is 11.0. The van der Waals surface area contributed by atoms with Gasteiger partial charge in [-0.1, -0.05) is 49.2 Å². The second-order valence-electron chi connectivity index (χ2n) is 16.9. The molecule has 0 bridgehead atoms. The first kappa shape index (κ1) is 40.5. The number of methoxy groups -OCH3 is 1. The maximum absolute atomic E-state index is 13.7. The van der Waals surface area contributed by atoms with E-state index in [0.29, 0.717) is 41.9 Å². The summed E-state index contributed by atoms with van der Waals surface area (Å²) in [6.45, 7) is 6.99. The van der Waals surface area contributed by atoms with Gasteiger partial charge in [0.2, 0.25) is 0 Å². The number of halogens is 1. The van der Waals surface area contributed by atoms with Crippen LogP contribution in [0, 0.1) is 18.8 Å². The van der Waals surface area contributed by atoms with Crippen LogP contribution in [0.25, 0.3) is 0 Å². The van der Waals surface area contributed by atoms with Crippen molar-refractivity contribution in [3.05, 3.63) is 106 Å². The fraction of sp³-hybridized carbons (Fsp3) is 0.478.